The van der Waals surface area contributed by atoms with E-state index in [1.165, 1.54) is 29.2 Å². The molecular weight excluding hydrogens is 667 g/mol. The van der Waals surface area contributed by atoms with E-state index < -0.39 is 53.6 Å². The fourth-order valence-electron chi connectivity index (χ4n) is 9.11. The smallest absolute Gasteiger partial charge is 0.416 e. The van der Waals surface area contributed by atoms with E-state index in [-0.39, 0.29) is 17.9 Å². The molecule has 1 aliphatic heterocycles. The van der Waals surface area contributed by atoms with Gasteiger partial charge >= 0.3 is 12.1 Å². The predicted molar refractivity (Wildman–Crippen MR) is 197 cm³/mol. The topological polar surface area (TPSA) is 91.6 Å². The number of aryl methyl sites for hydroxylation is 3. The van der Waals surface area contributed by atoms with Gasteiger partial charge in [-0.2, -0.15) is 13.2 Å². The first kappa shape index (κ1) is 37.8. The van der Waals surface area contributed by atoms with Crippen molar-refractivity contribution in [2.24, 2.45) is 5.92 Å². The van der Waals surface area contributed by atoms with Gasteiger partial charge in [0.25, 0.3) is 5.56 Å². The molecule has 1 amide bonds. The molecule has 52 heavy (non-hydrogen) atoms. The summed E-state index contributed by atoms with van der Waals surface area (Å²) in [5, 5.41) is 13.0. The van der Waals surface area contributed by atoms with Crippen molar-refractivity contribution < 1.29 is 27.9 Å². The van der Waals surface area contributed by atoms with Crippen LogP contribution in [0.25, 0.3) is 11.1 Å². The van der Waals surface area contributed by atoms with Gasteiger partial charge in [-0.3, -0.25) is 14.4 Å². The Bertz CT molecular complexity index is 1830. The number of rotatable bonds is 11. The van der Waals surface area contributed by atoms with Gasteiger partial charge in [0, 0.05) is 18.3 Å². The van der Waals surface area contributed by atoms with Crippen LogP contribution < -0.4 is 10.9 Å². The first-order chi connectivity index (χ1) is 24.7. The molecule has 10 heteroatoms. The molecule has 2 aromatic carbocycles. The lowest BCUT2D eigenvalue weighted by molar-refractivity contribution is -0.139. The van der Waals surface area contributed by atoms with E-state index in [4.69, 9.17) is 0 Å². The van der Waals surface area contributed by atoms with Crippen molar-refractivity contribution in [3.8, 4) is 11.1 Å². The average Bonchev–Trinajstić information content (AvgIpc) is 3.79. The molecule has 1 aromatic heterocycles. The van der Waals surface area contributed by atoms with Crippen LogP contribution in [-0.2, 0) is 28.6 Å². The van der Waals surface area contributed by atoms with Gasteiger partial charge < -0.3 is 19.9 Å². The van der Waals surface area contributed by atoms with E-state index in [9.17, 15) is 32.7 Å². The molecule has 3 aliphatic rings. The molecule has 2 fully saturated rings. The van der Waals surface area contributed by atoms with Crippen LogP contribution in [0.1, 0.15) is 129 Å². The zero-order chi connectivity index (χ0) is 37.3. The molecule has 3 aromatic rings. The van der Waals surface area contributed by atoms with E-state index in [1.54, 1.807) is 0 Å². The SMILES string of the molecule is Cc1cccc(C)c1-c1cc(C(CC(=O)O)NC(=O)C(CC(C)C)n2cc(C3CCN(C4CCCC4)CC3)c(C(F)(F)F)cc2=O)cc2c1CCC2. The van der Waals surface area contributed by atoms with Gasteiger partial charge in [0.05, 0.1) is 18.0 Å². The van der Waals surface area contributed by atoms with Crippen LogP contribution in [0.15, 0.2) is 47.4 Å². The Morgan fingerprint density at radius 2 is 1.63 bits per heavy atom. The van der Waals surface area contributed by atoms with Crippen LogP contribution in [-0.4, -0.2) is 45.6 Å². The number of nitrogens with one attached hydrogen (secondary N) is 1. The maximum Gasteiger partial charge on any atom is 0.416 e. The zero-order valence-corrected chi connectivity index (χ0v) is 30.8. The second-order valence-electron chi connectivity index (χ2n) is 15.8. The minimum atomic E-state index is -4.72. The number of hydrogen-bond donors (Lipinski definition) is 2. The van der Waals surface area contributed by atoms with Crippen LogP contribution in [0.3, 0.4) is 0 Å². The number of piperidine rings is 1. The largest absolute Gasteiger partial charge is 0.481 e. The highest BCUT2D eigenvalue weighted by Gasteiger charge is 2.39. The summed E-state index contributed by atoms with van der Waals surface area (Å²) in [6.07, 6.45) is 4.77. The summed E-state index contributed by atoms with van der Waals surface area (Å²) in [4.78, 5) is 42.6. The summed E-state index contributed by atoms with van der Waals surface area (Å²) < 4.78 is 44.7. The number of fused-ring (bicyclic) bond motifs is 1. The third kappa shape index (κ3) is 8.17. The molecule has 280 valence electrons. The Morgan fingerprint density at radius 3 is 2.25 bits per heavy atom. The summed E-state index contributed by atoms with van der Waals surface area (Å²) in [7, 11) is 0. The molecule has 0 radical (unpaired) electrons. The number of halogens is 3. The number of amides is 1. The maximum absolute atomic E-state index is 14.5. The molecule has 6 rings (SSSR count). The number of carbonyl (C=O) groups excluding carboxylic acids is 1. The standard InChI is InChI=1S/C42H52F3N3O4/c1-25(2)19-37(48-24-34(35(22-38(48)49)42(43,44)45)28-15-17-47(18-16-28)31-12-5-6-13-31)41(52)46-36(23-39(50)51)30-20-29-11-8-14-32(29)33(21-30)40-26(3)9-7-10-27(40)4/h7,9-10,20-22,24-25,28,31,36-37H,5-6,8,11-19,23H2,1-4H3,(H,46,52)(H,50,51). The molecule has 1 saturated carbocycles. The Morgan fingerprint density at radius 1 is 0.962 bits per heavy atom. The van der Waals surface area contributed by atoms with Crippen molar-refractivity contribution in [2.45, 2.75) is 129 Å². The van der Waals surface area contributed by atoms with Gasteiger partial charge in [-0.15, -0.1) is 0 Å². The Kier molecular flexibility index (Phi) is 11.3. The number of likely N-dealkylation sites (tertiary alicyclic amines) is 1. The van der Waals surface area contributed by atoms with E-state index in [1.807, 2.05) is 32.0 Å². The third-order valence-corrected chi connectivity index (χ3v) is 11.6. The van der Waals surface area contributed by atoms with Crippen LogP contribution in [0.5, 0.6) is 0 Å². The van der Waals surface area contributed by atoms with Gasteiger partial charge in [-0.25, -0.2) is 0 Å². The van der Waals surface area contributed by atoms with Crippen molar-refractivity contribution in [2.75, 3.05) is 13.1 Å². The normalized spacial score (nSPS) is 18.5. The van der Waals surface area contributed by atoms with Gasteiger partial charge in [-0.1, -0.05) is 51.0 Å². The van der Waals surface area contributed by atoms with Gasteiger partial charge in [-0.05, 0) is 141 Å². The molecule has 7 nitrogen and oxygen atoms in total. The summed E-state index contributed by atoms with van der Waals surface area (Å²) in [6.45, 7) is 9.28. The summed E-state index contributed by atoms with van der Waals surface area (Å²) in [5.41, 5.74) is 5.57. The number of aromatic nitrogens is 1. The monoisotopic (exact) mass is 719 g/mol. The van der Waals surface area contributed by atoms with Gasteiger partial charge in [0.1, 0.15) is 6.04 Å². The molecule has 0 spiro atoms. The molecule has 2 heterocycles. The van der Waals surface area contributed by atoms with Crippen molar-refractivity contribution in [1.82, 2.24) is 14.8 Å². The molecule has 2 N–H and O–H groups in total. The Labute approximate surface area is 304 Å². The Hall–Kier alpha value is -3.92. The van der Waals surface area contributed by atoms with E-state index >= 15 is 0 Å². The zero-order valence-electron chi connectivity index (χ0n) is 30.8. The molecule has 0 bridgehead atoms. The van der Waals surface area contributed by atoms with Crippen LogP contribution in [0.2, 0.25) is 0 Å². The predicted octanol–water partition coefficient (Wildman–Crippen LogP) is 8.68. The van der Waals surface area contributed by atoms with Crippen molar-refractivity contribution >= 4 is 11.9 Å². The summed E-state index contributed by atoms with van der Waals surface area (Å²) in [6, 6.07) is 9.19. The molecule has 2 atom stereocenters. The van der Waals surface area contributed by atoms with Crippen LogP contribution in [0, 0.1) is 19.8 Å². The van der Waals surface area contributed by atoms with Crippen LogP contribution >= 0.6 is 0 Å². The summed E-state index contributed by atoms with van der Waals surface area (Å²) in [5.74, 6) is -2.18. The lowest BCUT2D eigenvalue weighted by Gasteiger charge is -2.37. The number of aliphatic carboxylic acids is 1. The highest BCUT2D eigenvalue weighted by molar-refractivity contribution is 5.82. The maximum atomic E-state index is 14.5. The van der Waals surface area contributed by atoms with Crippen molar-refractivity contribution in [3.63, 3.8) is 0 Å². The van der Waals surface area contributed by atoms with E-state index in [0.29, 0.717) is 43.6 Å². The fourth-order valence-corrected chi connectivity index (χ4v) is 9.11. The number of benzene rings is 2. The van der Waals surface area contributed by atoms with Crippen molar-refractivity contribution in [3.05, 3.63) is 91.9 Å². The molecule has 2 aliphatic carbocycles. The number of nitrogens with zero attached hydrogens (tertiary/aromatic N) is 2. The molecular formula is C42H52F3N3O4. The van der Waals surface area contributed by atoms with E-state index in [2.05, 4.69) is 36.2 Å². The quantitative estimate of drug-likeness (QED) is 0.207. The fraction of sp³-hybridized carbons (Fsp3) is 0.548. The minimum Gasteiger partial charge on any atom is -0.481 e. The lowest BCUT2D eigenvalue weighted by atomic mass is 9.86. The summed E-state index contributed by atoms with van der Waals surface area (Å²) >= 11 is 0. The van der Waals surface area contributed by atoms with Crippen molar-refractivity contribution in [1.29, 1.82) is 0 Å². The number of carboxylic acid groups (broad SMARTS) is 1. The Balaban J connectivity index is 1.36. The second-order valence-corrected chi connectivity index (χ2v) is 15.8. The number of carbonyl (C=O) groups is 2. The lowest BCUT2D eigenvalue weighted by Crippen LogP contribution is -2.42. The van der Waals surface area contributed by atoms with Crippen LogP contribution in [0.4, 0.5) is 13.2 Å². The third-order valence-electron chi connectivity index (χ3n) is 11.6. The molecule has 2 unspecified atom stereocenters. The molecule has 1 saturated heterocycles. The highest BCUT2D eigenvalue weighted by atomic mass is 19.4. The highest BCUT2D eigenvalue weighted by Crippen LogP contribution is 2.41. The average molecular weight is 720 g/mol. The van der Waals surface area contributed by atoms with Gasteiger partial charge in [0.15, 0.2) is 0 Å². The minimum absolute atomic E-state index is 0.0543. The van der Waals surface area contributed by atoms with Gasteiger partial charge in [0.2, 0.25) is 5.91 Å². The first-order valence-electron chi connectivity index (χ1n) is 19.0. The van der Waals surface area contributed by atoms with E-state index in [0.717, 1.165) is 59.9 Å². The number of pyridine rings is 1. The number of hydrogen-bond acceptors (Lipinski definition) is 4. The number of alkyl halides is 3. The second kappa shape index (κ2) is 15.6. The number of carboxylic acids is 1. The first-order valence-corrected chi connectivity index (χ1v) is 19.0.